The summed E-state index contributed by atoms with van der Waals surface area (Å²) in [5.41, 5.74) is -0.631. The molecule has 3 amide bonds. The van der Waals surface area contributed by atoms with Crippen LogP contribution in [0.25, 0.3) is 0 Å². The van der Waals surface area contributed by atoms with E-state index in [-0.39, 0.29) is 30.5 Å². The number of nitrogens with zero attached hydrogens (tertiary/aromatic N) is 3. The minimum Gasteiger partial charge on any atom is -0.450 e. The van der Waals surface area contributed by atoms with Gasteiger partial charge in [-0.3, -0.25) is 19.1 Å². The molecule has 0 radical (unpaired) electrons. The highest BCUT2D eigenvalue weighted by molar-refractivity contribution is 7.61. The van der Waals surface area contributed by atoms with Crippen LogP contribution in [-0.4, -0.2) is 112 Å². The summed E-state index contributed by atoms with van der Waals surface area (Å²) in [4.78, 5) is 76.3. The number of benzene rings is 1. The van der Waals surface area contributed by atoms with Gasteiger partial charge in [-0.25, -0.2) is 9.78 Å². The number of aromatic nitrogens is 2. The molecule has 19 heteroatoms. The first kappa shape index (κ1) is 41.4. The quantitative estimate of drug-likeness (QED) is 0.0779. The van der Waals surface area contributed by atoms with Gasteiger partial charge in [0.25, 0.3) is 5.91 Å². The van der Waals surface area contributed by atoms with Gasteiger partial charge in [0.05, 0.1) is 18.7 Å². The van der Waals surface area contributed by atoms with E-state index in [9.17, 15) is 18.9 Å². The van der Waals surface area contributed by atoms with Crippen molar-refractivity contribution in [3.05, 3.63) is 60.2 Å². The molecule has 2 unspecified atom stereocenters. The first-order chi connectivity index (χ1) is 24.0. The Bertz CT molecular complexity index is 1330. The number of amides is 3. The summed E-state index contributed by atoms with van der Waals surface area (Å²) in [5, 5.41) is 7.96. The van der Waals surface area contributed by atoms with Crippen LogP contribution in [-0.2, 0) is 29.8 Å². The molecule has 1 aromatic carbocycles. The van der Waals surface area contributed by atoms with Gasteiger partial charge < -0.3 is 49.6 Å². The van der Waals surface area contributed by atoms with E-state index in [1.54, 1.807) is 0 Å². The molecule has 2 heterocycles. The van der Waals surface area contributed by atoms with Crippen LogP contribution >= 0.6 is 16.4 Å². The van der Waals surface area contributed by atoms with Crippen LogP contribution in [0.1, 0.15) is 62.0 Å². The van der Waals surface area contributed by atoms with Gasteiger partial charge in [-0.15, -0.1) is 0 Å². The van der Waals surface area contributed by atoms with Crippen molar-refractivity contribution < 1.29 is 47.7 Å². The van der Waals surface area contributed by atoms with E-state index < -0.39 is 53.0 Å². The summed E-state index contributed by atoms with van der Waals surface area (Å²) in [6.45, 7) is 7.27. The molecular weight excluding hydrogens is 689 g/mol. The largest absolute Gasteiger partial charge is 0.480 e. The third kappa shape index (κ3) is 15.5. The first-order valence-electron chi connectivity index (χ1n) is 16.7. The topological polar surface area (TPSA) is 222 Å². The van der Waals surface area contributed by atoms with E-state index in [0.717, 1.165) is 44.5 Å². The molecule has 1 saturated heterocycles. The fraction of sp³-hybridized carbons (Fsp3) is 0.581. The van der Waals surface area contributed by atoms with Crippen molar-refractivity contribution in [1.82, 2.24) is 30.8 Å². The fourth-order valence-electron chi connectivity index (χ4n) is 5.30. The Morgan fingerprint density at radius 2 is 1.74 bits per heavy atom. The Morgan fingerprint density at radius 1 is 1.04 bits per heavy atom. The molecule has 1 aromatic heterocycles. The zero-order valence-corrected chi connectivity index (χ0v) is 30.4. The number of hydrogen-bond acceptors (Lipinski definition) is 12. The maximum atomic E-state index is 13.8. The molecule has 50 heavy (non-hydrogen) atoms. The maximum absolute atomic E-state index is 13.8. The summed E-state index contributed by atoms with van der Waals surface area (Å²) in [6.07, 6.45) is 6.85. The van der Waals surface area contributed by atoms with Crippen LogP contribution in [0.15, 0.2) is 48.9 Å². The Morgan fingerprint density at radius 3 is 2.34 bits per heavy atom. The zero-order chi connectivity index (χ0) is 36.3. The van der Waals surface area contributed by atoms with Gasteiger partial charge >= 0.3 is 13.2 Å². The van der Waals surface area contributed by atoms with Crippen molar-refractivity contribution in [3.63, 3.8) is 0 Å². The molecule has 2 aromatic rings. The SMILES string of the molecule is CC(C)C[C@@H](NC(=O)[C@@H](Cc1ccccc1)NC(=O)c1cnccn1)B1OCCCN(CCCCOC(=O)NC(P(O)O)[PH](=O)O)CCCO1. The lowest BCUT2D eigenvalue weighted by Gasteiger charge is -2.30. The van der Waals surface area contributed by atoms with E-state index in [4.69, 9.17) is 28.7 Å². The monoisotopic (exact) mass is 738 g/mol. The Balaban J connectivity index is 1.52. The van der Waals surface area contributed by atoms with Crippen LogP contribution in [0.2, 0.25) is 0 Å². The van der Waals surface area contributed by atoms with Crippen molar-refractivity contribution in [2.75, 3.05) is 39.5 Å². The number of hydrogen-bond donors (Lipinski definition) is 6. The second-order valence-corrected chi connectivity index (χ2v) is 15.2. The molecule has 3 rings (SSSR count). The van der Waals surface area contributed by atoms with Crippen LogP contribution in [0.5, 0.6) is 0 Å². The number of ether oxygens (including phenoxy) is 1. The number of rotatable bonds is 17. The molecule has 1 fully saturated rings. The van der Waals surface area contributed by atoms with Crippen LogP contribution in [0.4, 0.5) is 4.79 Å². The van der Waals surface area contributed by atoms with E-state index in [2.05, 4.69) is 39.3 Å². The summed E-state index contributed by atoms with van der Waals surface area (Å²) < 4.78 is 28.6. The number of carbonyl (C=O) groups is 3. The molecule has 1 aliphatic rings. The van der Waals surface area contributed by atoms with Gasteiger partial charge in [-0.2, -0.15) is 0 Å². The average molecular weight is 739 g/mol. The van der Waals surface area contributed by atoms with Crippen molar-refractivity contribution in [2.24, 2.45) is 5.92 Å². The molecule has 276 valence electrons. The highest BCUT2D eigenvalue weighted by Crippen LogP contribution is 2.42. The smallest absolute Gasteiger partial charge is 0.450 e. The lowest BCUT2D eigenvalue weighted by Crippen LogP contribution is -2.56. The molecule has 16 nitrogen and oxygen atoms in total. The highest BCUT2D eigenvalue weighted by Gasteiger charge is 2.35. The zero-order valence-electron chi connectivity index (χ0n) is 28.5. The number of unbranched alkanes of at least 4 members (excludes halogenated alkanes) is 1. The molecule has 0 spiro atoms. The van der Waals surface area contributed by atoms with E-state index in [1.165, 1.54) is 18.6 Å². The molecule has 0 saturated carbocycles. The van der Waals surface area contributed by atoms with Gasteiger partial charge in [-0.1, -0.05) is 44.2 Å². The molecule has 1 aliphatic heterocycles. The van der Waals surface area contributed by atoms with Crippen LogP contribution < -0.4 is 16.0 Å². The molecular formula is C31H49BN6O10P2. The summed E-state index contributed by atoms with van der Waals surface area (Å²) in [5.74, 6) is -1.10. The maximum Gasteiger partial charge on any atom is 0.480 e. The Kier molecular flexibility index (Phi) is 18.8. The standard InChI is InChI=1S/C31H49BN6O10P2/c1-23(2)20-27(36-28(39)25(21-24-10-4-3-5-11-24)35-29(40)26-22-33-12-13-34-26)32-47-18-8-15-38(16-9-19-48-32)14-6-7-17-46-30(41)37-31(49(42)43)50(44)45/h3-5,10-13,22-23,25,27,31,42-43,50H,6-9,14-21H2,1-2H3,(H,35,40)(H,36,39)(H,37,41)(H,44,45)/t25-,27-,31?/m1/s1. The number of nitrogens with one attached hydrogen (secondary N) is 3. The van der Waals surface area contributed by atoms with Gasteiger partial charge in [0, 0.05) is 45.1 Å². The Hall–Kier alpha value is -3.01. The minimum absolute atomic E-state index is 0.0701. The number of carbonyl (C=O) groups excluding carboxylic acids is 3. The van der Waals surface area contributed by atoms with Crippen LogP contribution in [0, 0.1) is 5.92 Å². The summed E-state index contributed by atoms with van der Waals surface area (Å²) in [7, 11) is -6.85. The van der Waals surface area contributed by atoms with Gasteiger partial charge in [0.2, 0.25) is 13.9 Å². The Labute approximate surface area is 295 Å². The second kappa shape index (κ2) is 22.7. The first-order valence-corrected chi connectivity index (χ1v) is 19.5. The van der Waals surface area contributed by atoms with E-state index in [0.29, 0.717) is 26.1 Å². The van der Waals surface area contributed by atoms with Crippen molar-refractivity contribution >= 4 is 41.4 Å². The minimum atomic E-state index is -3.37. The number of alkyl carbamates (subject to hydrolysis) is 1. The third-order valence-electron chi connectivity index (χ3n) is 7.70. The normalized spacial score (nSPS) is 17.0. The highest BCUT2D eigenvalue weighted by atomic mass is 31.2. The molecule has 0 bridgehead atoms. The van der Waals surface area contributed by atoms with E-state index >= 15 is 0 Å². The predicted molar refractivity (Wildman–Crippen MR) is 188 cm³/mol. The van der Waals surface area contributed by atoms with Gasteiger partial charge in [0.15, 0.2) is 13.9 Å². The second-order valence-electron chi connectivity index (χ2n) is 12.3. The summed E-state index contributed by atoms with van der Waals surface area (Å²) in [6, 6.07) is 8.56. The van der Waals surface area contributed by atoms with Crippen molar-refractivity contribution in [1.29, 1.82) is 0 Å². The molecule has 6 N–H and O–H groups in total. The predicted octanol–water partition coefficient (Wildman–Crippen LogP) is 2.06. The lowest BCUT2D eigenvalue weighted by atomic mass is 9.73. The van der Waals surface area contributed by atoms with Gasteiger partial charge in [0.1, 0.15) is 11.7 Å². The van der Waals surface area contributed by atoms with E-state index in [1.807, 2.05) is 35.6 Å². The summed E-state index contributed by atoms with van der Waals surface area (Å²) >= 11 is 0. The lowest BCUT2D eigenvalue weighted by molar-refractivity contribution is -0.123. The molecule has 4 atom stereocenters. The average Bonchev–Trinajstić information content (AvgIpc) is 3.09. The van der Waals surface area contributed by atoms with Crippen LogP contribution in [0.3, 0.4) is 0 Å². The van der Waals surface area contributed by atoms with Crippen molar-refractivity contribution in [2.45, 2.75) is 69.9 Å². The van der Waals surface area contributed by atoms with Gasteiger partial charge in [-0.05, 0) is 50.1 Å². The third-order valence-corrected chi connectivity index (χ3v) is 10.3. The fourth-order valence-corrected chi connectivity index (χ4v) is 6.55. The molecule has 0 aliphatic carbocycles. The van der Waals surface area contributed by atoms with Crippen molar-refractivity contribution in [3.8, 4) is 0 Å².